The molecule has 5 nitrogen and oxygen atoms in total. The van der Waals surface area contributed by atoms with Crippen LogP contribution in [0.1, 0.15) is 5.69 Å². The molecule has 104 valence electrons. The van der Waals surface area contributed by atoms with Gasteiger partial charge in [-0.3, -0.25) is 4.79 Å². The molecule has 1 aromatic carbocycles. The number of nitrogens with two attached hydrogens (primary N) is 1. The van der Waals surface area contributed by atoms with Crippen molar-refractivity contribution in [1.29, 1.82) is 0 Å². The lowest BCUT2D eigenvalue weighted by atomic mass is 10.3. The third-order valence-corrected chi connectivity index (χ3v) is 3.81. The fourth-order valence-electron chi connectivity index (χ4n) is 1.52. The molecule has 0 spiro atoms. The molecule has 20 heavy (non-hydrogen) atoms. The molecule has 0 bridgehead atoms. The van der Waals surface area contributed by atoms with E-state index >= 15 is 0 Å². The largest absolute Gasteiger partial charge is 0.384 e. The number of rotatable bonds is 4. The van der Waals surface area contributed by atoms with Crippen LogP contribution in [0.2, 0.25) is 0 Å². The quantitative estimate of drug-likeness (QED) is 0.469. The van der Waals surface area contributed by atoms with Gasteiger partial charge in [0, 0.05) is 21.0 Å². The van der Waals surface area contributed by atoms with E-state index in [0.29, 0.717) is 11.0 Å². The van der Waals surface area contributed by atoms with Crippen LogP contribution in [-0.4, -0.2) is 21.6 Å². The first-order chi connectivity index (χ1) is 9.52. The molecule has 1 amide bonds. The van der Waals surface area contributed by atoms with Gasteiger partial charge in [-0.1, -0.05) is 17.8 Å². The van der Waals surface area contributed by atoms with E-state index in [2.05, 4.69) is 37.9 Å². The second-order valence-corrected chi connectivity index (χ2v) is 6.25. The molecule has 1 heterocycles. The van der Waals surface area contributed by atoms with Gasteiger partial charge in [-0.2, -0.15) is 0 Å². The Hall–Kier alpha value is -1.35. The van der Waals surface area contributed by atoms with E-state index in [4.69, 9.17) is 5.73 Å². The van der Waals surface area contributed by atoms with Gasteiger partial charge in [0.05, 0.1) is 5.75 Å². The zero-order valence-electron chi connectivity index (χ0n) is 10.8. The summed E-state index contributed by atoms with van der Waals surface area (Å²) in [5.41, 5.74) is 7.21. The highest BCUT2D eigenvalue weighted by Crippen LogP contribution is 2.16. The van der Waals surface area contributed by atoms with Crippen molar-refractivity contribution >= 4 is 51.8 Å². The average molecular weight is 400 g/mol. The van der Waals surface area contributed by atoms with E-state index in [-0.39, 0.29) is 11.7 Å². The number of nitrogens with zero attached hydrogens (tertiary/aromatic N) is 2. The Labute approximate surface area is 134 Å². The molecule has 0 radical (unpaired) electrons. The number of carbonyl (C=O) groups is 1. The lowest BCUT2D eigenvalue weighted by Gasteiger charge is -2.05. The molecule has 2 aromatic rings. The van der Waals surface area contributed by atoms with Gasteiger partial charge in [-0.25, -0.2) is 9.97 Å². The Bertz CT molecular complexity index is 615. The summed E-state index contributed by atoms with van der Waals surface area (Å²) in [5, 5.41) is 3.35. The molecule has 0 saturated heterocycles. The van der Waals surface area contributed by atoms with Crippen LogP contribution in [0.3, 0.4) is 0 Å². The third-order valence-electron chi connectivity index (χ3n) is 2.29. The summed E-state index contributed by atoms with van der Waals surface area (Å²) >= 11 is 3.46. The summed E-state index contributed by atoms with van der Waals surface area (Å²) in [6.07, 6.45) is 0. The minimum Gasteiger partial charge on any atom is -0.384 e. The topological polar surface area (TPSA) is 80.9 Å². The zero-order valence-corrected chi connectivity index (χ0v) is 13.7. The summed E-state index contributed by atoms with van der Waals surface area (Å²) in [5.74, 6) is 0.563. The molecule has 3 N–H and O–H groups in total. The van der Waals surface area contributed by atoms with Gasteiger partial charge in [0.15, 0.2) is 5.16 Å². The van der Waals surface area contributed by atoms with E-state index in [0.717, 1.165) is 15.0 Å². The third kappa shape index (κ3) is 4.64. The molecule has 0 fully saturated rings. The highest BCUT2D eigenvalue weighted by atomic mass is 127. The highest BCUT2D eigenvalue weighted by molar-refractivity contribution is 14.1. The Kier molecular flexibility index (Phi) is 5.18. The highest BCUT2D eigenvalue weighted by Gasteiger charge is 2.07. The molecular formula is C13H13IN4OS. The molecule has 7 heteroatoms. The smallest absolute Gasteiger partial charge is 0.234 e. The first kappa shape index (κ1) is 15.0. The molecule has 1 aromatic heterocycles. The maximum Gasteiger partial charge on any atom is 0.234 e. The number of amides is 1. The Balaban J connectivity index is 1.92. The number of aryl methyl sites for hydroxylation is 1. The average Bonchev–Trinajstić information content (AvgIpc) is 2.35. The minimum atomic E-state index is -0.0966. The van der Waals surface area contributed by atoms with Gasteiger partial charge in [-0.05, 0) is 47.7 Å². The lowest BCUT2D eigenvalue weighted by molar-refractivity contribution is -0.113. The Morgan fingerprint density at radius 2 is 2.20 bits per heavy atom. The number of aromatic nitrogens is 2. The van der Waals surface area contributed by atoms with Gasteiger partial charge in [0.1, 0.15) is 5.82 Å². The maximum absolute atomic E-state index is 11.8. The van der Waals surface area contributed by atoms with Crippen LogP contribution < -0.4 is 11.1 Å². The number of anilines is 2. The van der Waals surface area contributed by atoms with Crippen molar-refractivity contribution in [3.05, 3.63) is 39.6 Å². The number of nitrogens with one attached hydrogen (secondary N) is 1. The van der Waals surface area contributed by atoms with Crippen molar-refractivity contribution in [2.24, 2.45) is 0 Å². The lowest BCUT2D eigenvalue weighted by Crippen LogP contribution is -2.14. The number of benzene rings is 1. The van der Waals surface area contributed by atoms with Gasteiger partial charge in [0.25, 0.3) is 0 Å². The van der Waals surface area contributed by atoms with Crippen LogP contribution in [0.5, 0.6) is 0 Å². The minimum absolute atomic E-state index is 0.0966. The van der Waals surface area contributed by atoms with Gasteiger partial charge < -0.3 is 11.1 Å². The van der Waals surface area contributed by atoms with Crippen LogP contribution in [0.15, 0.2) is 35.5 Å². The standard InChI is InChI=1S/C13H13IN4OS/c1-8-5-11(15)18-13(16-8)20-7-12(19)17-10-4-2-3-9(14)6-10/h2-6H,7H2,1H3,(H,17,19)(H2,15,16,18). The monoisotopic (exact) mass is 400 g/mol. The van der Waals surface area contributed by atoms with Gasteiger partial charge in [-0.15, -0.1) is 0 Å². The number of hydrogen-bond acceptors (Lipinski definition) is 5. The number of thioether (sulfide) groups is 1. The van der Waals surface area contributed by atoms with Crippen molar-refractivity contribution in [3.63, 3.8) is 0 Å². The van der Waals surface area contributed by atoms with Crippen molar-refractivity contribution < 1.29 is 4.79 Å². The molecule has 0 saturated carbocycles. The number of carbonyl (C=O) groups excluding carboxylic acids is 1. The number of halogens is 1. The number of nitrogen functional groups attached to an aromatic ring is 1. The van der Waals surface area contributed by atoms with Gasteiger partial charge >= 0.3 is 0 Å². The summed E-state index contributed by atoms with van der Waals surface area (Å²) < 4.78 is 1.07. The van der Waals surface area contributed by atoms with Crippen molar-refractivity contribution in [2.75, 3.05) is 16.8 Å². The summed E-state index contributed by atoms with van der Waals surface area (Å²) in [4.78, 5) is 20.1. The number of hydrogen-bond donors (Lipinski definition) is 2. The van der Waals surface area contributed by atoms with E-state index < -0.39 is 0 Å². The molecule has 0 aliphatic carbocycles. The predicted molar refractivity (Wildman–Crippen MR) is 89.7 cm³/mol. The van der Waals surface area contributed by atoms with Crippen LogP contribution >= 0.6 is 34.4 Å². The van der Waals surface area contributed by atoms with E-state index in [1.165, 1.54) is 11.8 Å². The van der Waals surface area contributed by atoms with Crippen LogP contribution in [0.4, 0.5) is 11.5 Å². The second kappa shape index (κ2) is 6.89. The molecule has 0 atom stereocenters. The van der Waals surface area contributed by atoms with Gasteiger partial charge in [0.2, 0.25) is 5.91 Å². The molecule has 2 rings (SSSR count). The zero-order chi connectivity index (χ0) is 14.5. The van der Waals surface area contributed by atoms with Crippen LogP contribution in [-0.2, 0) is 4.79 Å². The summed E-state index contributed by atoms with van der Waals surface area (Å²) in [6, 6.07) is 9.31. The second-order valence-electron chi connectivity index (χ2n) is 4.06. The fourth-order valence-corrected chi connectivity index (χ4v) is 2.78. The predicted octanol–water partition coefficient (Wildman–Crippen LogP) is 2.70. The van der Waals surface area contributed by atoms with E-state index in [9.17, 15) is 4.79 Å². The molecule has 0 aliphatic heterocycles. The molecular weight excluding hydrogens is 387 g/mol. The first-order valence-corrected chi connectivity index (χ1v) is 7.89. The Morgan fingerprint density at radius 1 is 1.40 bits per heavy atom. The summed E-state index contributed by atoms with van der Waals surface area (Å²) in [6.45, 7) is 1.84. The fraction of sp³-hybridized carbons (Fsp3) is 0.154. The molecule has 0 aliphatic rings. The van der Waals surface area contributed by atoms with Crippen molar-refractivity contribution in [2.45, 2.75) is 12.1 Å². The van der Waals surface area contributed by atoms with E-state index in [1.54, 1.807) is 6.07 Å². The Morgan fingerprint density at radius 3 is 2.90 bits per heavy atom. The van der Waals surface area contributed by atoms with Crippen molar-refractivity contribution in [1.82, 2.24) is 9.97 Å². The SMILES string of the molecule is Cc1cc(N)nc(SCC(=O)Nc2cccc(I)c2)n1. The van der Waals surface area contributed by atoms with Crippen LogP contribution in [0, 0.1) is 10.5 Å². The summed E-state index contributed by atoms with van der Waals surface area (Å²) in [7, 11) is 0. The first-order valence-electron chi connectivity index (χ1n) is 5.82. The van der Waals surface area contributed by atoms with Crippen LogP contribution in [0.25, 0.3) is 0 Å². The maximum atomic E-state index is 11.8. The molecule has 0 unspecified atom stereocenters. The normalized spacial score (nSPS) is 10.3. The van der Waals surface area contributed by atoms with Crippen molar-refractivity contribution in [3.8, 4) is 0 Å². The van der Waals surface area contributed by atoms with E-state index in [1.807, 2.05) is 31.2 Å².